The van der Waals surface area contributed by atoms with Gasteiger partial charge >= 0.3 is 0 Å². The number of pyridine rings is 1. The molecule has 0 aliphatic carbocycles. The molecule has 0 unspecified atom stereocenters. The number of sulfonamides is 1. The summed E-state index contributed by atoms with van der Waals surface area (Å²) in [5.41, 5.74) is 2.05. The van der Waals surface area contributed by atoms with E-state index in [-0.39, 0.29) is 10.8 Å². The van der Waals surface area contributed by atoms with E-state index < -0.39 is 10.0 Å². The van der Waals surface area contributed by atoms with Crippen LogP contribution >= 0.6 is 24.0 Å². The zero-order valence-corrected chi connectivity index (χ0v) is 20.8. The monoisotopic (exact) mass is 512 g/mol. The summed E-state index contributed by atoms with van der Waals surface area (Å²) in [6.07, 6.45) is 3.59. The third-order valence-electron chi connectivity index (χ3n) is 5.35. The fourth-order valence-corrected chi connectivity index (χ4v) is 5.75. The number of nitrogens with zero attached hydrogens (tertiary/aromatic N) is 3. The fourth-order valence-electron chi connectivity index (χ4n) is 3.49. The van der Waals surface area contributed by atoms with Crippen molar-refractivity contribution in [1.29, 1.82) is 0 Å². The van der Waals surface area contributed by atoms with Gasteiger partial charge in [-0.3, -0.25) is 14.5 Å². The van der Waals surface area contributed by atoms with Gasteiger partial charge in [0.15, 0.2) is 0 Å². The summed E-state index contributed by atoms with van der Waals surface area (Å²) in [4.78, 5) is 21.2. The van der Waals surface area contributed by atoms with E-state index in [1.54, 1.807) is 65.3 Å². The molecule has 1 aliphatic rings. The summed E-state index contributed by atoms with van der Waals surface area (Å²) in [6.45, 7) is 2.52. The lowest BCUT2D eigenvalue weighted by molar-refractivity contribution is 0.0695. The van der Waals surface area contributed by atoms with Crippen LogP contribution in [0.15, 0.2) is 84.0 Å². The van der Waals surface area contributed by atoms with Crippen LogP contribution in [0.25, 0.3) is 0 Å². The topological polar surface area (TPSA) is 82.6 Å². The molecule has 0 saturated carbocycles. The highest BCUT2D eigenvalue weighted by molar-refractivity contribution is 8.22. The van der Waals surface area contributed by atoms with E-state index >= 15 is 0 Å². The van der Waals surface area contributed by atoms with Crippen LogP contribution in [0.4, 0.5) is 5.69 Å². The number of rotatable bonds is 6. The number of anilines is 1. The SMILES string of the molecule is O=C(c1ccc(NS(=O)(=O)c2ccccc2)cc1)N1CCN(C(=S)SCc2cccnc2)CC1. The van der Waals surface area contributed by atoms with Crippen molar-refractivity contribution in [3.05, 3.63) is 90.3 Å². The van der Waals surface area contributed by atoms with Gasteiger partial charge in [0.05, 0.1) is 4.90 Å². The van der Waals surface area contributed by atoms with E-state index in [1.165, 1.54) is 12.1 Å². The van der Waals surface area contributed by atoms with Gasteiger partial charge in [-0.15, -0.1) is 0 Å². The maximum Gasteiger partial charge on any atom is 0.261 e. The summed E-state index contributed by atoms with van der Waals surface area (Å²) in [7, 11) is -3.67. The van der Waals surface area contributed by atoms with E-state index in [4.69, 9.17) is 12.2 Å². The molecule has 1 fully saturated rings. The molecule has 7 nitrogen and oxygen atoms in total. The first-order valence-corrected chi connectivity index (χ1v) is 13.6. The van der Waals surface area contributed by atoms with Crippen molar-refractivity contribution in [2.45, 2.75) is 10.6 Å². The highest BCUT2D eigenvalue weighted by Gasteiger charge is 2.24. The standard InChI is InChI=1S/C24H24N4O3S3/c29-23(20-8-10-21(11-9-20)26-34(30,31)22-6-2-1-3-7-22)27-13-15-28(16-14-27)24(32)33-18-19-5-4-12-25-17-19/h1-12,17,26H,13-16,18H2. The molecule has 1 aromatic heterocycles. The molecule has 1 N–H and O–H groups in total. The quantitative estimate of drug-likeness (QED) is 0.502. The van der Waals surface area contributed by atoms with Crippen molar-refractivity contribution >= 4 is 49.9 Å². The second-order valence-electron chi connectivity index (χ2n) is 7.69. The summed E-state index contributed by atoms with van der Waals surface area (Å²) in [6, 6.07) is 18.6. The molecule has 10 heteroatoms. The molecule has 0 spiro atoms. The predicted octanol–water partition coefficient (Wildman–Crippen LogP) is 3.86. The van der Waals surface area contributed by atoms with Crippen molar-refractivity contribution < 1.29 is 13.2 Å². The minimum absolute atomic E-state index is 0.0777. The number of piperazine rings is 1. The van der Waals surface area contributed by atoms with E-state index in [0.29, 0.717) is 37.4 Å². The number of thiocarbonyl (C=S) groups is 1. The maximum absolute atomic E-state index is 12.9. The molecule has 1 amide bonds. The van der Waals surface area contributed by atoms with Gasteiger partial charge in [-0.1, -0.05) is 48.2 Å². The van der Waals surface area contributed by atoms with Crippen LogP contribution in [0, 0.1) is 0 Å². The summed E-state index contributed by atoms with van der Waals surface area (Å²) in [5, 5.41) is 0. The number of hydrogen-bond donors (Lipinski definition) is 1. The molecule has 2 aromatic carbocycles. The van der Waals surface area contributed by atoms with Gasteiger partial charge in [0.25, 0.3) is 15.9 Å². The number of nitrogens with one attached hydrogen (secondary N) is 1. The molecule has 0 radical (unpaired) electrons. The Kier molecular flexibility index (Phi) is 7.81. The second kappa shape index (κ2) is 11.0. The summed E-state index contributed by atoms with van der Waals surface area (Å²) >= 11 is 7.18. The first-order chi connectivity index (χ1) is 16.4. The maximum atomic E-state index is 12.9. The zero-order valence-electron chi connectivity index (χ0n) is 18.3. The Balaban J connectivity index is 1.29. The molecule has 34 heavy (non-hydrogen) atoms. The van der Waals surface area contributed by atoms with Crippen molar-refractivity contribution in [2.24, 2.45) is 0 Å². The van der Waals surface area contributed by atoms with E-state index in [2.05, 4.69) is 14.6 Å². The van der Waals surface area contributed by atoms with E-state index in [1.807, 2.05) is 18.3 Å². The molecular formula is C24H24N4O3S3. The van der Waals surface area contributed by atoms with Crippen LogP contribution in [-0.2, 0) is 15.8 Å². The first kappa shape index (κ1) is 24.2. The Morgan fingerprint density at radius 3 is 2.26 bits per heavy atom. The molecule has 0 bridgehead atoms. The smallest absolute Gasteiger partial charge is 0.261 e. The van der Waals surface area contributed by atoms with E-state index in [9.17, 15) is 13.2 Å². The molecule has 4 rings (SSSR count). The average Bonchev–Trinajstić information content (AvgIpc) is 2.88. The number of amides is 1. The summed E-state index contributed by atoms with van der Waals surface area (Å²) < 4.78 is 28.3. The number of thioether (sulfide) groups is 1. The Bertz CT molecular complexity index is 1230. The zero-order chi connectivity index (χ0) is 24.0. The van der Waals surface area contributed by atoms with Crippen LogP contribution in [-0.4, -0.2) is 59.6 Å². The van der Waals surface area contributed by atoms with Gasteiger partial charge in [-0.2, -0.15) is 0 Å². The minimum atomic E-state index is -3.67. The van der Waals surface area contributed by atoms with Gasteiger partial charge in [0.2, 0.25) is 0 Å². The Labute approximate surface area is 209 Å². The number of carbonyl (C=O) groups excluding carboxylic acids is 1. The average molecular weight is 513 g/mol. The van der Waals surface area contributed by atoms with Crippen LogP contribution in [0.3, 0.4) is 0 Å². The minimum Gasteiger partial charge on any atom is -0.354 e. The molecule has 3 aromatic rings. The van der Waals surface area contributed by atoms with Crippen molar-refractivity contribution in [1.82, 2.24) is 14.8 Å². The lowest BCUT2D eigenvalue weighted by Crippen LogP contribution is -2.49. The fraction of sp³-hybridized carbons (Fsp3) is 0.208. The normalized spacial score (nSPS) is 14.0. The largest absolute Gasteiger partial charge is 0.354 e. The second-order valence-corrected chi connectivity index (χ2v) is 11.0. The third-order valence-corrected chi connectivity index (χ3v) is 8.34. The molecule has 1 saturated heterocycles. The van der Waals surface area contributed by atoms with Crippen LogP contribution < -0.4 is 4.72 Å². The van der Waals surface area contributed by atoms with E-state index in [0.717, 1.165) is 15.6 Å². The predicted molar refractivity (Wildman–Crippen MR) is 139 cm³/mol. The van der Waals surface area contributed by atoms with Gasteiger partial charge in [0, 0.05) is 55.6 Å². The Hall–Kier alpha value is -2.95. The molecule has 0 atom stereocenters. The molecule has 1 aliphatic heterocycles. The van der Waals surface area contributed by atoms with Gasteiger partial charge in [-0.25, -0.2) is 8.42 Å². The first-order valence-electron chi connectivity index (χ1n) is 10.7. The van der Waals surface area contributed by atoms with Crippen molar-refractivity contribution in [3.8, 4) is 0 Å². The highest BCUT2D eigenvalue weighted by Crippen LogP contribution is 2.20. The van der Waals surface area contributed by atoms with Crippen LogP contribution in [0.5, 0.6) is 0 Å². The lowest BCUT2D eigenvalue weighted by atomic mass is 10.1. The van der Waals surface area contributed by atoms with Crippen LogP contribution in [0.2, 0.25) is 0 Å². The number of benzene rings is 2. The molecular weight excluding hydrogens is 488 g/mol. The van der Waals surface area contributed by atoms with Crippen molar-refractivity contribution in [3.63, 3.8) is 0 Å². The number of carbonyl (C=O) groups is 1. The lowest BCUT2D eigenvalue weighted by Gasteiger charge is -2.36. The third kappa shape index (κ3) is 6.13. The van der Waals surface area contributed by atoms with Crippen LogP contribution in [0.1, 0.15) is 15.9 Å². The number of aromatic nitrogens is 1. The van der Waals surface area contributed by atoms with Gasteiger partial charge < -0.3 is 9.80 Å². The highest BCUT2D eigenvalue weighted by atomic mass is 32.2. The Morgan fingerprint density at radius 1 is 0.941 bits per heavy atom. The molecule has 176 valence electrons. The van der Waals surface area contributed by atoms with Crippen molar-refractivity contribution in [2.75, 3.05) is 30.9 Å². The number of hydrogen-bond acceptors (Lipinski definition) is 6. The summed E-state index contributed by atoms with van der Waals surface area (Å²) in [5.74, 6) is 0.692. The Morgan fingerprint density at radius 2 is 1.62 bits per heavy atom. The van der Waals surface area contributed by atoms with Gasteiger partial charge in [0.1, 0.15) is 4.32 Å². The van der Waals surface area contributed by atoms with Gasteiger partial charge in [-0.05, 0) is 48.0 Å². The molecule has 2 heterocycles.